The van der Waals surface area contributed by atoms with Crippen molar-refractivity contribution in [2.75, 3.05) is 19.0 Å². The highest BCUT2D eigenvalue weighted by atomic mass is 16.5. The molecule has 5 nitrogen and oxygen atoms in total. The Kier molecular flexibility index (Phi) is 6.37. The summed E-state index contributed by atoms with van der Waals surface area (Å²) in [5.41, 5.74) is 2.79. The number of amides is 2. The Morgan fingerprint density at radius 3 is 2.17 bits per heavy atom. The monoisotopic (exact) mass is 326 g/mol. The number of hydrogen-bond donors (Lipinski definition) is 2. The van der Waals surface area contributed by atoms with E-state index in [1.54, 1.807) is 19.2 Å². The third kappa shape index (κ3) is 5.76. The van der Waals surface area contributed by atoms with Gasteiger partial charge >= 0.3 is 0 Å². The summed E-state index contributed by atoms with van der Waals surface area (Å²) in [4.78, 5) is 22.9. The lowest BCUT2D eigenvalue weighted by atomic mass is 10.1. The van der Waals surface area contributed by atoms with Gasteiger partial charge in [0.25, 0.3) is 0 Å². The van der Waals surface area contributed by atoms with Crippen LogP contribution in [-0.2, 0) is 22.4 Å². The fourth-order valence-corrected chi connectivity index (χ4v) is 2.30. The van der Waals surface area contributed by atoms with Gasteiger partial charge in [0.2, 0.25) is 11.8 Å². The van der Waals surface area contributed by atoms with Crippen LogP contribution in [0.2, 0.25) is 0 Å². The maximum Gasteiger partial charge on any atom is 0.224 e. The Morgan fingerprint density at radius 1 is 0.958 bits per heavy atom. The standard InChI is InChI=1S/C19H22N2O3/c1-14(22)21-17-7-3-16(4-8-17)13-19(23)20-12-11-15-5-9-18(24-2)10-6-15/h3-10H,11-13H2,1-2H3,(H,20,23)(H,21,22). The summed E-state index contributed by atoms with van der Waals surface area (Å²) >= 11 is 0. The molecule has 2 amide bonds. The minimum absolute atomic E-state index is 0.0178. The number of methoxy groups -OCH3 is 1. The number of benzene rings is 2. The number of anilines is 1. The van der Waals surface area contributed by atoms with Crippen LogP contribution >= 0.6 is 0 Å². The molecule has 0 unspecified atom stereocenters. The van der Waals surface area contributed by atoms with Crippen LogP contribution in [0.1, 0.15) is 18.1 Å². The third-order valence-electron chi connectivity index (χ3n) is 3.53. The largest absolute Gasteiger partial charge is 0.497 e. The van der Waals surface area contributed by atoms with Gasteiger partial charge in [-0.25, -0.2) is 0 Å². The summed E-state index contributed by atoms with van der Waals surface area (Å²) < 4.78 is 5.11. The van der Waals surface area contributed by atoms with E-state index in [9.17, 15) is 9.59 Å². The fraction of sp³-hybridized carbons (Fsp3) is 0.263. The van der Waals surface area contributed by atoms with Gasteiger partial charge in [0.05, 0.1) is 13.5 Å². The SMILES string of the molecule is COc1ccc(CCNC(=O)Cc2ccc(NC(C)=O)cc2)cc1. The third-order valence-corrected chi connectivity index (χ3v) is 3.53. The smallest absolute Gasteiger partial charge is 0.224 e. The number of rotatable bonds is 7. The van der Waals surface area contributed by atoms with E-state index >= 15 is 0 Å². The van der Waals surface area contributed by atoms with E-state index in [1.165, 1.54) is 6.92 Å². The van der Waals surface area contributed by atoms with Crippen molar-refractivity contribution < 1.29 is 14.3 Å². The van der Waals surface area contributed by atoms with Crippen LogP contribution in [0, 0.1) is 0 Å². The van der Waals surface area contributed by atoms with E-state index in [4.69, 9.17) is 4.74 Å². The van der Waals surface area contributed by atoms with Gasteiger partial charge in [0.1, 0.15) is 5.75 Å². The van der Waals surface area contributed by atoms with Crippen LogP contribution < -0.4 is 15.4 Å². The van der Waals surface area contributed by atoms with Gasteiger partial charge in [0.15, 0.2) is 0 Å². The van der Waals surface area contributed by atoms with Gasteiger partial charge in [-0.15, -0.1) is 0 Å². The molecule has 0 radical (unpaired) electrons. The second kappa shape index (κ2) is 8.72. The van der Waals surface area contributed by atoms with Crippen LogP contribution in [-0.4, -0.2) is 25.5 Å². The van der Waals surface area contributed by atoms with E-state index in [-0.39, 0.29) is 11.8 Å². The molecule has 5 heteroatoms. The van der Waals surface area contributed by atoms with Crippen molar-refractivity contribution in [2.45, 2.75) is 19.8 Å². The van der Waals surface area contributed by atoms with Crippen molar-refractivity contribution in [1.29, 1.82) is 0 Å². The second-order valence-electron chi connectivity index (χ2n) is 5.50. The van der Waals surface area contributed by atoms with Gasteiger partial charge in [-0.05, 0) is 41.8 Å². The van der Waals surface area contributed by atoms with Crippen molar-refractivity contribution in [3.8, 4) is 5.75 Å². The highest BCUT2D eigenvalue weighted by Crippen LogP contribution is 2.12. The topological polar surface area (TPSA) is 67.4 Å². The quantitative estimate of drug-likeness (QED) is 0.822. The Balaban J connectivity index is 1.75. The fourth-order valence-electron chi connectivity index (χ4n) is 2.30. The molecule has 0 atom stereocenters. The molecular formula is C19H22N2O3. The first kappa shape index (κ1) is 17.5. The van der Waals surface area contributed by atoms with Crippen molar-refractivity contribution in [3.63, 3.8) is 0 Å². The average Bonchev–Trinajstić information content (AvgIpc) is 2.57. The Bertz CT molecular complexity index is 679. The Hall–Kier alpha value is -2.82. The molecule has 0 aliphatic carbocycles. The number of nitrogens with one attached hydrogen (secondary N) is 2. The van der Waals surface area contributed by atoms with E-state index in [0.29, 0.717) is 13.0 Å². The first-order chi connectivity index (χ1) is 11.6. The molecule has 2 rings (SSSR count). The highest BCUT2D eigenvalue weighted by Gasteiger charge is 2.04. The highest BCUT2D eigenvalue weighted by molar-refractivity contribution is 5.88. The molecule has 0 spiro atoms. The lowest BCUT2D eigenvalue weighted by Crippen LogP contribution is -2.27. The number of ether oxygens (including phenoxy) is 1. The van der Waals surface area contributed by atoms with Crippen LogP contribution in [0.4, 0.5) is 5.69 Å². The zero-order valence-corrected chi connectivity index (χ0v) is 14.0. The van der Waals surface area contributed by atoms with E-state index in [1.807, 2.05) is 36.4 Å². The first-order valence-electron chi connectivity index (χ1n) is 7.83. The van der Waals surface area contributed by atoms with Crippen LogP contribution in [0.5, 0.6) is 5.75 Å². The first-order valence-corrected chi connectivity index (χ1v) is 7.83. The molecule has 0 saturated carbocycles. The summed E-state index contributed by atoms with van der Waals surface area (Å²) in [5.74, 6) is 0.695. The maximum absolute atomic E-state index is 12.0. The summed E-state index contributed by atoms with van der Waals surface area (Å²) in [5, 5.41) is 5.61. The predicted molar refractivity (Wildman–Crippen MR) is 94.2 cm³/mol. The van der Waals surface area contributed by atoms with E-state index < -0.39 is 0 Å². The minimum atomic E-state index is -0.112. The van der Waals surface area contributed by atoms with Gasteiger partial charge < -0.3 is 15.4 Å². The molecule has 24 heavy (non-hydrogen) atoms. The molecule has 2 aromatic carbocycles. The molecule has 0 aliphatic rings. The molecule has 0 heterocycles. The van der Waals surface area contributed by atoms with E-state index in [2.05, 4.69) is 10.6 Å². The number of hydrogen-bond acceptors (Lipinski definition) is 3. The molecular weight excluding hydrogens is 304 g/mol. The van der Waals surface area contributed by atoms with Crippen molar-refractivity contribution in [3.05, 3.63) is 59.7 Å². The van der Waals surface area contributed by atoms with E-state index in [0.717, 1.165) is 29.0 Å². The van der Waals surface area contributed by atoms with Gasteiger partial charge in [-0.1, -0.05) is 24.3 Å². The average molecular weight is 326 g/mol. The maximum atomic E-state index is 12.0. The molecule has 0 aromatic heterocycles. The minimum Gasteiger partial charge on any atom is -0.497 e. The number of carbonyl (C=O) groups excluding carboxylic acids is 2. The number of carbonyl (C=O) groups is 2. The second-order valence-corrected chi connectivity index (χ2v) is 5.50. The van der Waals surface area contributed by atoms with Gasteiger partial charge in [-0.2, -0.15) is 0 Å². The van der Waals surface area contributed by atoms with Crippen molar-refractivity contribution in [1.82, 2.24) is 5.32 Å². The predicted octanol–water partition coefficient (Wildman–Crippen LogP) is 2.56. The molecule has 0 fully saturated rings. The van der Waals surface area contributed by atoms with Gasteiger partial charge in [-0.3, -0.25) is 9.59 Å². The van der Waals surface area contributed by atoms with Crippen LogP contribution in [0.25, 0.3) is 0 Å². The lowest BCUT2D eigenvalue weighted by molar-refractivity contribution is -0.120. The summed E-state index contributed by atoms with van der Waals surface area (Å²) in [6, 6.07) is 15.1. The van der Waals surface area contributed by atoms with Crippen LogP contribution in [0.3, 0.4) is 0 Å². The molecule has 2 aromatic rings. The molecule has 0 bridgehead atoms. The van der Waals surface area contributed by atoms with Crippen molar-refractivity contribution in [2.24, 2.45) is 0 Å². The zero-order valence-electron chi connectivity index (χ0n) is 14.0. The zero-order chi connectivity index (χ0) is 17.4. The summed E-state index contributed by atoms with van der Waals surface area (Å²) in [7, 11) is 1.64. The molecule has 0 saturated heterocycles. The molecule has 0 aliphatic heterocycles. The van der Waals surface area contributed by atoms with Gasteiger partial charge in [0, 0.05) is 19.2 Å². The summed E-state index contributed by atoms with van der Waals surface area (Å²) in [6.45, 7) is 2.05. The molecule has 2 N–H and O–H groups in total. The van der Waals surface area contributed by atoms with Crippen LogP contribution in [0.15, 0.2) is 48.5 Å². The Morgan fingerprint density at radius 2 is 1.58 bits per heavy atom. The molecule has 126 valence electrons. The lowest BCUT2D eigenvalue weighted by Gasteiger charge is -2.07. The normalized spacial score (nSPS) is 10.1. The van der Waals surface area contributed by atoms with Crippen molar-refractivity contribution >= 4 is 17.5 Å². The summed E-state index contributed by atoms with van der Waals surface area (Å²) in [6.07, 6.45) is 1.10. The Labute approximate surface area is 142 Å².